The summed E-state index contributed by atoms with van der Waals surface area (Å²) in [5.74, 6) is 0. The molecule has 0 N–H and O–H groups in total. The Balaban J connectivity index is 2.57. The predicted octanol–water partition coefficient (Wildman–Crippen LogP) is 1.08. The average molecular weight is 162 g/mol. The molecule has 0 spiro atoms. The van der Waals surface area contributed by atoms with Gasteiger partial charge in [-0.1, -0.05) is 13.3 Å². The third-order valence-electron chi connectivity index (χ3n) is 1.79. The number of fused-ring (bicyclic) bond motifs is 1. The van der Waals surface area contributed by atoms with Gasteiger partial charge in [-0.15, -0.1) is 0 Å². The van der Waals surface area contributed by atoms with Crippen LogP contribution in [-0.4, -0.2) is 19.6 Å². The van der Waals surface area contributed by atoms with Crippen LogP contribution in [0.15, 0.2) is 18.9 Å². The van der Waals surface area contributed by atoms with E-state index in [2.05, 4.69) is 22.0 Å². The highest BCUT2D eigenvalue weighted by molar-refractivity contribution is 5.44. The molecule has 0 radical (unpaired) electrons. The SMILES string of the molecule is CCCc1cncn2ncnc12. The quantitative estimate of drug-likeness (QED) is 0.663. The molecule has 2 rings (SSSR count). The van der Waals surface area contributed by atoms with E-state index in [0.29, 0.717) is 0 Å². The molecule has 0 fully saturated rings. The monoisotopic (exact) mass is 162 g/mol. The first-order chi connectivity index (χ1) is 5.92. The molecule has 2 aromatic rings. The van der Waals surface area contributed by atoms with Crippen LogP contribution in [0.25, 0.3) is 5.65 Å². The largest absolute Gasteiger partial charge is 0.244 e. The van der Waals surface area contributed by atoms with E-state index in [9.17, 15) is 0 Å². The van der Waals surface area contributed by atoms with Gasteiger partial charge in [0, 0.05) is 11.8 Å². The van der Waals surface area contributed by atoms with E-state index in [1.54, 1.807) is 17.2 Å². The molecule has 62 valence electrons. The molecule has 2 aromatic heterocycles. The minimum atomic E-state index is 0.923. The van der Waals surface area contributed by atoms with Crippen molar-refractivity contribution in [1.82, 2.24) is 19.6 Å². The summed E-state index contributed by atoms with van der Waals surface area (Å²) in [6.45, 7) is 2.14. The highest BCUT2D eigenvalue weighted by Crippen LogP contribution is 2.06. The summed E-state index contributed by atoms with van der Waals surface area (Å²) >= 11 is 0. The Bertz CT molecular complexity index is 379. The van der Waals surface area contributed by atoms with Crippen molar-refractivity contribution in [3.63, 3.8) is 0 Å². The second-order valence-electron chi connectivity index (χ2n) is 2.70. The maximum absolute atomic E-state index is 4.15. The smallest absolute Gasteiger partial charge is 0.161 e. The highest BCUT2D eigenvalue weighted by Gasteiger charge is 2.01. The first-order valence-electron chi connectivity index (χ1n) is 4.04. The maximum atomic E-state index is 4.15. The lowest BCUT2D eigenvalue weighted by molar-refractivity contribution is 0.869. The van der Waals surface area contributed by atoms with Crippen LogP contribution < -0.4 is 0 Å². The topological polar surface area (TPSA) is 43.1 Å². The van der Waals surface area contributed by atoms with Gasteiger partial charge >= 0.3 is 0 Å². The molecule has 4 nitrogen and oxygen atoms in total. The van der Waals surface area contributed by atoms with Crippen LogP contribution in [0.3, 0.4) is 0 Å². The van der Waals surface area contributed by atoms with Crippen molar-refractivity contribution in [1.29, 1.82) is 0 Å². The van der Waals surface area contributed by atoms with Crippen molar-refractivity contribution >= 4 is 5.65 Å². The lowest BCUT2D eigenvalue weighted by atomic mass is 10.2. The molecular weight excluding hydrogens is 152 g/mol. The zero-order chi connectivity index (χ0) is 8.39. The molecule has 0 aromatic carbocycles. The Hall–Kier alpha value is -1.45. The minimum Gasteiger partial charge on any atom is -0.244 e. The summed E-state index contributed by atoms with van der Waals surface area (Å²) < 4.78 is 1.70. The van der Waals surface area contributed by atoms with E-state index in [1.165, 1.54) is 0 Å². The number of hydrogen-bond donors (Lipinski definition) is 0. The van der Waals surface area contributed by atoms with E-state index in [0.717, 1.165) is 24.1 Å². The second kappa shape index (κ2) is 2.89. The third kappa shape index (κ3) is 1.05. The molecule has 12 heavy (non-hydrogen) atoms. The van der Waals surface area contributed by atoms with Crippen molar-refractivity contribution in [2.75, 3.05) is 0 Å². The lowest BCUT2D eigenvalue weighted by Gasteiger charge is -1.97. The molecule has 0 saturated heterocycles. The fourth-order valence-electron chi connectivity index (χ4n) is 1.25. The molecule has 2 heterocycles. The molecule has 0 unspecified atom stereocenters. The molecule has 0 atom stereocenters. The summed E-state index contributed by atoms with van der Waals surface area (Å²) in [5, 5.41) is 4.00. The van der Waals surface area contributed by atoms with Crippen LogP contribution in [0.2, 0.25) is 0 Å². The maximum Gasteiger partial charge on any atom is 0.161 e. The van der Waals surface area contributed by atoms with Gasteiger partial charge in [-0.3, -0.25) is 0 Å². The lowest BCUT2D eigenvalue weighted by Crippen LogP contribution is -1.94. The van der Waals surface area contributed by atoms with Gasteiger partial charge < -0.3 is 0 Å². The number of aryl methyl sites for hydroxylation is 1. The molecule has 0 saturated carbocycles. The van der Waals surface area contributed by atoms with E-state index >= 15 is 0 Å². The highest BCUT2D eigenvalue weighted by atomic mass is 15.3. The van der Waals surface area contributed by atoms with E-state index < -0.39 is 0 Å². The first kappa shape index (κ1) is 7.21. The van der Waals surface area contributed by atoms with E-state index in [4.69, 9.17) is 0 Å². The molecule has 0 aliphatic heterocycles. The van der Waals surface area contributed by atoms with Crippen LogP contribution in [0, 0.1) is 0 Å². The summed E-state index contributed by atoms with van der Waals surface area (Å²) in [5.41, 5.74) is 2.09. The van der Waals surface area contributed by atoms with Gasteiger partial charge in [0.15, 0.2) is 5.65 Å². The van der Waals surface area contributed by atoms with Crippen molar-refractivity contribution in [2.45, 2.75) is 19.8 Å². The second-order valence-corrected chi connectivity index (χ2v) is 2.70. The predicted molar refractivity (Wildman–Crippen MR) is 44.8 cm³/mol. The van der Waals surface area contributed by atoms with Gasteiger partial charge in [0.05, 0.1) is 0 Å². The minimum absolute atomic E-state index is 0.923. The molecule has 4 heteroatoms. The normalized spacial score (nSPS) is 10.8. The summed E-state index contributed by atoms with van der Waals surface area (Å²) in [6, 6.07) is 0. The number of aromatic nitrogens is 4. The molecule has 0 aliphatic rings. The van der Waals surface area contributed by atoms with Crippen molar-refractivity contribution < 1.29 is 0 Å². The Labute approximate surface area is 70.3 Å². The number of hydrogen-bond acceptors (Lipinski definition) is 3. The Morgan fingerprint density at radius 3 is 3.25 bits per heavy atom. The van der Waals surface area contributed by atoms with E-state index in [1.807, 2.05) is 6.20 Å². The zero-order valence-corrected chi connectivity index (χ0v) is 6.94. The van der Waals surface area contributed by atoms with Gasteiger partial charge in [0.25, 0.3) is 0 Å². The van der Waals surface area contributed by atoms with Gasteiger partial charge in [0.1, 0.15) is 12.7 Å². The Morgan fingerprint density at radius 2 is 2.42 bits per heavy atom. The molecule has 0 amide bonds. The van der Waals surface area contributed by atoms with Gasteiger partial charge in [-0.05, 0) is 6.42 Å². The van der Waals surface area contributed by atoms with Gasteiger partial charge in [-0.25, -0.2) is 14.5 Å². The average Bonchev–Trinajstić information content (AvgIpc) is 2.53. The standard InChI is InChI=1S/C8H10N4/c1-2-3-7-4-9-6-12-8(7)10-5-11-12/h4-6H,2-3H2,1H3. The van der Waals surface area contributed by atoms with Crippen LogP contribution in [0.1, 0.15) is 18.9 Å². The molecule has 0 aliphatic carbocycles. The van der Waals surface area contributed by atoms with Crippen molar-refractivity contribution in [3.05, 3.63) is 24.4 Å². The van der Waals surface area contributed by atoms with Gasteiger partial charge in [-0.2, -0.15) is 5.10 Å². The van der Waals surface area contributed by atoms with Crippen LogP contribution in [-0.2, 0) is 6.42 Å². The first-order valence-corrected chi connectivity index (χ1v) is 4.04. The fourth-order valence-corrected chi connectivity index (χ4v) is 1.25. The fraction of sp³-hybridized carbons (Fsp3) is 0.375. The number of rotatable bonds is 2. The van der Waals surface area contributed by atoms with Crippen LogP contribution in [0.5, 0.6) is 0 Å². The van der Waals surface area contributed by atoms with Crippen molar-refractivity contribution in [2.24, 2.45) is 0 Å². The summed E-state index contributed by atoms with van der Waals surface area (Å²) in [6.07, 6.45) is 7.19. The third-order valence-corrected chi connectivity index (χ3v) is 1.79. The van der Waals surface area contributed by atoms with Crippen LogP contribution >= 0.6 is 0 Å². The van der Waals surface area contributed by atoms with E-state index in [-0.39, 0.29) is 0 Å². The van der Waals surface area contributed by atoms with Gasteiger partial charge in [0.2, 0.25) is 0 Å². The molecular formula is C8H10N4. The zero-order valence-electron chi connectivity index (χ0n) is 6.94. The molecule has 0 bridgehead atoms. The Morgan fingerprint density at radius 1 is 1.50 bits per heavy atom. The Kier molecular flexibility index (Phi) is 1.74. The summed E-state index contributed by atoms with van der Waals surface area (Å²) in [7, 11) is 0. The van der Waals surface area contributed by atoms with Crippen molar-refractivity contribution in [3.8, 4) is 0 Å². The summed E-state index contributed by atoms with van der Waals surface area (Å²) in [4.78, 5) is 8.21. The number of nitrogens with zero attached hydrogens (tertiary/aromatic N) is 4. The van der Waals surface area contributed by atoms with Crippen LogP contribution in [0.4, 0.5) is 0 Å².